The number of unbranched alkanes of at least 4 members (excludes halogenated alkanes) is 1. The third-order valence-corrected chi connectivity index (χ3v) is 4.57. The van der Waals surface area contributed by atoms with Crippen molar-refractivity contribution in [2.45, 2.75) is 81.0 Å². The molecule has 0 amide bonds. The van der Waals surface area contributed by atoms with E-state index in [0.717, 1.165) is 0 Å². The molecular weight excluding hydrogens is 460 g/mol. The Morgan fingerprint density at radius 1 is 0.500 bits per heavy atom. The molecule has 0 saturated heterocycles. The minimum Gasteiger partial charge on any atom is -0.330 e. The summed E-state index contributed by atoms with van der Waals surface area (Å²) in [5.74, 6) is -1.72. The largest absolute Gasteiger partial charge is 0.431 e. The standard InChI is InChI=1S/C15H19F14N/c16-10(12(18,19)20,13(21,22)23)6-2-1-4-9(5-3-7-30)8-11(17,14(24,25)26)15(27,28)29/h9H,1-8,30H2. The van der Waals surface area contributed by atoms with Crippen LogP contribution in [-0.2, 0) is 0 Å². The monoisotopic (exact) mass is 479 g/mol. The molecule has 0 spiro atoms. The number of hydrogen-bond acceptors (Lipinski definition) is 1. The van der Waals surface area contributed by atoms with Crippen LogP contribution in [0.3, 0.4) is 0 Å². The van der Waals surface area contributed by atoms with E-state index in [2.05, 4.69) is 0 Å². The van der Waals surface area contributed by atoms with Gasteiger partial charge in [0.1, 0.15) is 0 Å². The molecule has 0 aliphatic carbocycles. The summed E-state index contributed by atoms with van der Waals surface area (Å²) in [4.78, 5) is 0. The van der Waals surface area contributed by atoms with Crippen molar-refractivity contribution in [1.29, 1.82) is 0 Å². The maximum absolute atomic E-state index is 13.9. The Balaban J connectivity index is 5.31. The number of rotatable bonds is 10. The Labute approximate surface area is 162 Å². The zero-order valence-corrected chi connectivity index (χ0v) is 15.1. The fourth-order valence-electron chi connectivity index (χ4n) is 2.79. The summed E-state index contributed by atoms with van der Waals surface area (Å²) in [7, 11) is 0. The first-order valence-corrected chi connectivity index (χ1v) is 8.49. The molecule has 0 saturated carbocycles. The van der Waals surface area contributed by atoms with E-state index in [9.17, 15) is 61.5 Å². The van der Waals surface area contributed by atoms with Crippen LogP contribution in [0.5, 0.6) is 0 Å². The van der Waals surface area contributed by atoms with E-state index < -0.39 is 80.5 Å². The van der Waals surface area contributed by atoms with E-state index in [4.69, 9.17) is 5.73 Å². The molecule has 0 bridgehead atoms. The molecule has 0 aromatic carbocycles. The van der Waals surface area contributed by atoms with Gasteiger partial charge in [-0.2, -0.15) is 52.7 Å². The highest BCUT2D eigenvalue weighted by Crippen LogP contribution is 2.51. The minimum absolute atomic E-state index is 0.172. The SMILES string of the molecule is NCCCC(CCCCC(F)(C(F)(F)F)C(F)(F)F)CC(F)(C(F)(F)F)C(F)(F)F. The summed E-state index contributed by atoms with van der Waals surface area (Å²) in [5.41, 5.74) is -6.13. The Hall–Kier alpha value is -1.02. The summed E-state index contributed by atoms with van der Waals surface area (Å²) in [6.45, 7) is -0.219. The van der Waals surface area contributed by atoms with Gasteiger partial charge in [0.2, 0.25) is 0 Å². The number of hydrogen-bond donors (Lipinski definition) is 1. The van der Waals surface area contributed by atoms with Gasteiger partial charge in [0.25, 0.3) is 11.3 Å². The van der Waals surface area contributed by atoms with Crippen molar-refractivity contribution < 1.29 is 61.5 Å². The molecule has 2 N–H and O–H groups in total. The normalized spacial score (nSPS) is 16.1. The Kier molecular flexibility index (Phi) is 9.31. The summed E-state index contributed by atoms with van der Waals surface area (Å²) in [6, 6.07) is 0. The number of halogens is 14. The molecule has 0 aliphatic heterocycles. The van der Waals surface area contributed by atoms with Crippen LogP contribution in [0.25, 0.3) is 0 Å². The van der Waals surface area contributed by atoms with Crippen LogP contribution in [0.15, 0.2) is 0 Å². The van der Waals surface area contributed by atoms with E-state index in [1.165, 1.54) is 0 Å². The zero-order chi connectivity index (χ0) is 24.2. The van der Waals surface area contributed by atoms with E-state index in [1.807, 2.05) is 0 Å². The maximum atomic E-state index is 13.9. The third kappa shape index (κ3) is 6.74. The first-order chi connectivity index (χ1) is 13.1. The molecule has 0 aliphatic rings. The van der Waals surface area contributed by atoms with Crippen LogP contribution in [0.4, 0.5) is 61.5 Å². The van der Waals surface area contributed by atoms with Crippen molar-refractivity contribution in [3.8, 4) is 0 Å². The van der Waals surface area contributed by atoms with Crippen LogP contribution in [0.2, 0.25) is 0 Å². The van der Waals surface area contributed by atoms with Gasteiger partial charge in [-0.3, -0.25) is 0 Å². The first-order valence-electron chi connectivity index (χ1n) is 8.49. The van der Waals surface area contributed by atoms with Crippen LogP contribution >= 0.6 is 0 Å². The van der Waals surface area contributed by atoms with Crippen molar-refractivity contribution in [3.63, 3.8) is 0 Å². The van der Waals surface area contributed by atoms with Gasteiger partial charge >= 0.3 is 24.7 Å². The van der Waals surface area contributed by atoms with Crippen LogP contribution in [-0.4, -0.2) is 42.6 Å². The highest BCUT2D eigenvalue weighted by molar-refractivity contribution is 4.97. The summed E-state index contributed by atoms with van der Waals surface area (Å²) >= 11 is 0. The fraction of sp³-hybridized carbons (Fsp3) is 1.00. The summed E-state index contributed by atoms with van der Waals surface area (Å²) in [5, 5.41) is 0. The van der Waals surface area contributed by atoms with Crippen LogP contribution in [0.1, 0.15) is 44.9 Å². The molecule has 0 rings (SSSR count). The van der Waals surface area contributed by atoms with Crippen molar-refractivity contribution in [2.75, 3.05) is 6.54 Å². The topological polar surface area (TPSA) is 26.0 Å². The third-order valence-electron chi connectivity index (χ3n) is 4.57. The van der Waals surface area contributed by atoms with E-state index in [1.54, 1.807) is 0 Å². The highest BCUT2D eigenvalue weighted by atomic mass is 19.4. The lowest BCUT2D eigenvalue weighted by molar-refractivity contribution is -0.346. The molecule has 1 unspecified atom stereocenters. The molecule has 15 heteroatoms. The number of nitrogens with two attached hydrogens (primary N) is 1. The molecule has 30 heavy (non-hydrogen) atoms. The Morgan fingerprint density at radius 2 is 0.867 bits per heavy atom. The first kappa shape index (κ1) is 29.0. The summed E-state index contributed by atoms with van der Waals surface area (Å²) < 4.78 is 178. The maximum Gasteiger partial charge on any atom is 0.431 e. The Morgan fingerprint density at radius 3 is 1.20 bits per heavy atom. The lowest BCUT2D eigenvalue weighted by atomic mass is 9.84. The molecule has 1 nitrogen and oxygen atoms in total. The van der Waals surface area contributed by atoms with Crippen LogP contribution < -0.4 is 5.73 Å². The van der Waals surface area contributed by atoms with Gasteiger partial charge in [0.15, 0.2) is 0 Å². The van der Waals surface area contributed by atoms with E-state index in [0.29, 0.717) is 0 Å². The van der Waals surface area contributed by atoms with Gasteiger partial charge in [0, 0.05) is 6.42 Å². The Bertz CT molecular complexity index is 487. The fourth-order valence-corrected chi connectivity index (χ4v) is 2.79. The van der Waals surface area contributed by atoms with Crippen molar-refractivity contribution in [1.82, 2.24) is 0 Å². The predicted molar refractivity (Wildman–Crippen MR) is 76.8 cm³/mol. The molecule has 0 radical (unpaired) electrons. The van der Waals surface area contributed by atoms with Crippen molar-refractivity contribution >= 4 is 0 Å². The highest BCUT2D eigenvalue weighted by Gasteiger charge is 2.73. The molecular formula is C15H19F14N. The van der Waals surface area contributed by atoms with Crippen molar-refractivity contribution in [3.05, 3.63) is 0 Å². The average molecular weight is 479 g/mol. The smallest absolute Gasteiger partial charge is 0.330 e. The average Bonchev–Trinajstić information content (AvgIpc) is 2.51. The van der Waals surface area contributed by atoms with Gasteiger partial charge in [0.05, 0.1) is 0 Å². The molecule has 182 valence electrons. The molecule has 0 heterocycles. The van der Waals surface area contributed by atoms with E-state index in [-0.39, 0.29) is 13.0 Å². The molecule has 0 aromatic rings. The second-order valence-corrected chi connectivity index (χ2v) is 6.84. The van der Waals surface area contributed by atoms with Gasteiger partial charge in [-0.1, -0.05) is 12.8 Å². The lowest BCUT2D eigenvalue weighted by Crippen LogP contribution is -2.54. The second-order valence-electron chi connectivity index (χ2n) is 6.84. The van der Waals surface area contributed by atoms with Gasteiger partial charge in [-0.05, 0) is 38.1 Å². The van der Waals surface area contributed by atoms with Gasteiger partial charge in [-0.25, -0.2) is 8.78 Å². The molecule has 0 fully saturated rings. The quantitative estimate of drug-likeness (QED) is 0.266. The molecule has 1 atom stereocenters. The lowest BCUT2D eigenvalue weighted by Gasteiger charge is -2.33. The molecule has 0 aromatic heterocycles. The van der Waals surface area contributed by atoms with Crippen LogP contribution in [0, 0.1) is 5.92 Å². The van der Waals surface area contributed by atoms with Gasteiger partial charge in [-0.15, -0.1) is 0 Å². The minimum atomic E-state index is -6.35. The second kappa shape index (κ2) is 9.63. The summed E-state index contributed by atoms with van der Waals surface area (Å²) in [6.07, 6.45) is -33.0. The van der Waals surface area contributed by atoms with E-state index >= 15 is 0 Å². The van der Waals surface area contributed by atoms with Crippen molar-refractivity contribution in [2.24, 2.45) is 11.7 Å². The predicted octanol–water partition coefficient (Wildman–Crippen LogP) is 6.96. The van der Waals surface area contributed by atoms with Gasteiger partial charge < -0.3 is 5.73 Å². The zero-order valence-electron chi connectivity index (χ0n) is 15.1. The number of alkyl halides is 14.